The Labute approximate surface area is 107 Å². The predicted molar refractivity (Wildman–Crippen MR) is 70.3 cm³/mol. The fourth-order valence-electron chi connectivity index (χ4n) is 2.12. The van der Waals surface area contributed by atoms with Gasteiger partial charge in [-0.3, -0.25) is 14.5 Å². The highest BCUT2D eigenvalue weighted by Gasteiger charge is 2.49. The standard InChI is InChI=1S/C12H18N2O2S/c1-4-7-12(8-5-2)9(15)13-11(17)14(6-3)10(12)16/h4,7H,5-6,8H2,1-3H3,(H,13,15,17). The number of carbonyl (C=O) groups is 2. The van der Waals surface area contributed by atoms with Crippen molar-refractivity contribution in [3.05, 3.63) is 12.2 Å². The minimum Gasteiger partial charge on any atom is -0.301 e. The number of carbonyl (C=O) groups excluding carboxylic acids is 2. The summed E-state index contributed by atoms with van der Waals surface area (Å²) in [5.41, 5.74) is -1.08. The second-order valence-corrected chi connectivity index (χ2v) is 4.42. The van der Waals surface area contributed by atoms with Gasteiger partial charge in [0.25, 0.3) is 0 Å². The fraction of sp³-hybridized carbons (Fsp3) is 0.583. The molecule has 0 aromatic carbocycles. The summed E-state index contributed by atoms with van der Waals surface area (Å²) >= 11 is 5.00. The maximum absolute atomic E-state index is 12.4. The molecule has 4 nitrogen and oxygen atoms in total. The average Bonchev–Trinajstić information content (AvgIpc) is 2.27. The summed E-state index contributed by atoms with van der Waals surface area (Å²) in [4.78, 5) is 25.9. The Balaban J connectivity index is 3.21. The van der Waals surface area contributed by atoms with Gasteiger partial charge in [-0.25, -0.2) is 0 Å². The van der Waals surface area contributed by atoms with Crippen molar-refractivity contribution in [1.29, 1.82) is 0 Å². The maximum Gasteiger partial charge on any atom is 0.248 e. The summed E-state index contributed by atoms with van der Waals surface area (Å²) in [6.45, 7) is 6.07. The van der Waals surface area contributed by atoms with Gasteiger partial charge in [-0.15, -0.1) is 0 Å². The van der Waals surface area contributed by atoms with Crippen molar-refractivity contribution in [1.82, 2.24) is 10.2 Å². The number of amides is 2. The van der Waals surface area contributed by atoms with Gasteiger partial charge < -0.3 is 5.32 Å². The number of rotatable bonds is 4. The normalized spacial score (nSPS) is 25.6. The lowest BCUT2D eigenvalue weighted by Gasteiger charge is -2.38. The van der Waals surface area contributed by atoms with E-state index < -0.39 is 5.41 Å². The summed E-state index contributed by atoms with van der Waals surface area (Å²) in [6, 6.07) is 0. The number of hydrogen-bond donors (Lipinski definition) is 1. The smallest absolute Gasteiger partial charge is 0.248 e. The molecule has 1 fully saturated rings. The van der Waals surface area contributed by atoms with E-state index in [2.05, 4.69) is 5.32 Å². The first-order chi connectivity index (χ1) is 8.03. The molecular formula is C12H18N2O2S. The van der Waals surface area contributed by atoms with Crippen LogP contribution in [-0.4, -0.2) is 28.4 Å². The molecule has 0 saturated carbocycles. The summed E-state index contributed by atoms with van der Waals surface area (Å²) in [5, 5.41) is 2.82. The van der Waals surface area contributed by atoms with Crippen LogP contribution >= 0.6 is 12.2 Å². The molecule has 1 atom stereocenters. The quantitative estimate of drug-likeness (QED) is 0.471. The molecule has 5 heteroatoms. The molecule has 0 aliphatic carbocycles. The number of thiocarbonyl (C=S) groups is 1. The van der Waals surface area contributed by atoms with Gasteiger partial charge in [0.15, 0.2) is 5.11 Å². The van der Waals surface area contributed by atoms with Gasteiger partial charge in [-0.1, -0.05) is 25.5 Å². The van der Waals surface area contributed by atoms with Crippen LogP contribution in [0.3, 0.4) is 0 Å². The van der Waals surface area contributed by atoms with E-state index in [0.29, 0.717) is 13.0 Å². The first-order valence-corrected chi connectivity index (χ1v) is 6.25. The van der Waals surface area contributed by atoms with Gasteiger partial charge in [-0.05, 0) is 32.5 Å². The SMILES string of the molecule is CC=CC1(CCC)C(=O)NC(=S)N(CC)C1=O. The molecular weight excluding hydrogens is 236 g/mol. The van der Waals surface area contributed by atoms with E-state index in [4.69, 9.17) is 12.2 Å². The molecule has 1 heterocycles. The highest BCUT2D eigenvalue weighted by atomic mass is 32.1. The van der Waals surface area contributed by atoms with Gasteiger partial charge in [0, 0.05) is 6.54 Å². The van der Waals surface area contributed by atoms with Crippen molar-refractivity contribution in [2.45, 2.75) is 33.6 Å². The molecule has 1 saturated heterocycles. The van der Waals surface area contributed by atoms with Gasteiger partial charge >= 0.3 is 0 Å². The van der Waals surface area contributed by atoms with Crippen LogP contribution in [0.15, 0.2) is 12.2 Å². The molecule has 17 heavy (non-hydrogen) atoms. The zero-order chi connectivity index (χ0) is 13.1. The Morgan fingerprint density at radius 3 is 2.53 bits per heavy atom. The molecule has 94 valence electrons. The summed E-state index contributed by atoms with van der Waals surface area (Å²) in [7, 11) is 0. The first kappa shape index (κ1) is 13.8. The van der Waals surface area contributed by atoms with E-state index in [1.54, 1.807) is 19.1 Å². The van der Waals surface area contributed by atoms with Crippen molar-refractivity contribution in [3.63, 3.8) is 0 Å². The lowest BCUT2D eigenvalue weighted by molar-refractivity contribution is -0.146. The second kappa shape index (κ2) is 5.40. The third-order valence-electron chi connectivity index (χ3n) is 2.91. The van der Waals surface area contributed by atoms with Crippen LogP contribution in [0.4, 0.5) is 0 Å². The zero-order valence-electron chi connectivity index (χ0n) is 10.4. The number of nitrogens with zero attached hydrogens (tertiary/aromatic N) is 1. The van der Waals surface area contributed by atoms with Crippen molar-refractivity contribution in [2.75, 3.05) is 6.54 Å². The highest BCUT2D eigenvalue weighted by molar-refractivity contribution is 7.80. The largest absolute Gasteiger partial charge is 0.301 e. The van der Waals surface area contributed by atoms with Crippen LogP contribution in [0, 0.1) is 5.41 Å². The predicted octanol–water partition coefficient (Wildman–Crippen LogP) is 1.61. The van der Waals surface area contributed by atoms with E-state index in [1.807, 2.05) is 13.8 Å². The highest BCUT2D eigenvalue weighted by Crippen LogP contribution is 2.32. The number of nitrogens with one attached hydrogen (secondary N) is 1. The Morgan fingerprint density at radius 2 is 2.06 bits per heavy atom. The molecule has 0 spiro atoms. The Bertz CT molecular complexity index is 379. The first-order valence-electron chi connectivity index (χ1n) is 5.84. The van der Waals surface area contributed by atoms with Crippen molar-refractivity contribution in [3.8, 4) is 0 Å². The third kappa shape index (κ3) is 2.24. The van der Waals surface area contributed by atoms with Crippen molar-refractivity contribution >= 4 is 29.1 Å². The minimum absolute atomic E-state index is 0.207. The van der Waals surface area contributed by atoms with Crippen molar-refractivity contribution < 1.29 is 9.59 Å². The van der Waals surface area contributed by atoms with E-state index in [9.17, 15) is 9.59 Å². The van der Waals surface area contributed by atoms with E-state index >= 15 is 0 Å². The lowest BCUT2D eigenvalue weighted by Crippen LogP contribution is -2.63. The van der Waals surface area contributed by atoms with Crippen LogP contribution in [0.1, 0.15) is 33.6 Å². The lowest BCUT2D eigenvalue weighted by atomic mass is 9.79. The van der Waals surface area contributed by atoms with Crippen LogP contribution < -0.4 is 5.32 Å². The second-order valence-electron chi connectivity index (χ2n) is 4.03. The van der Waals surface area contributed by atoms with E-state index in [-0.39, 0.29) is 16.9 Å². The maximum atomic E-state index is 12.4. The molecule has 1 aliphatic rings. The molecule has 0 aromatic rings. The molecule has 1 unspecified atom stereocenters. The Kier molecular flexibility index (Phi) is 4.40. The number of hydrogen-bond acceptors (Lipinski definition) is 3. The van der Waals surface area contributed by atoms with E-state index in [1.165, 1.54) is 4.90 Å². The average molecular weight is 254 g/mol. The summed E-state index contributed by atoms with van der Waals surface area (Å²) in [5.74, 6) is -0.522. The number of allylic oxidation sites excluding steroid dienone is 1. The molecule has 1 aliphatic heterocycles. The minimum atomic E-state index is -1.08. The van der Waals surface area contributed by atoms with Crippen LogP contribution in [-0.2, 0) is 9.59 Å². The van der Waals surface area contributed by atoms with Gasteiger partial charge in [0.1, 0.15) is 5.41 Å². The van der Waals surface area contributed by atoms with Crippen LogP contribution in [0.25, 0.3) is 0 Å². The van der Waals surface area contributed by atoms with Gasteiger partial charge in [-0.2, -0.15) is 0 Å². The molecule has 0 radical (unpaired) electrons. The zero-order valence-corrected chi connectivity index (χ0v) is 11.3. The van der Waals surface area contributed by atoms with E-state index in [0.717, 1.165) is 6.42 Å². The Morgan fingerprint density at radius 1 is 1.41 bits per heavy atom. The summed E-state index contributed by atoms with van der Waals surface area (Å²) in [6.07, 6.45) is 4.68. The monoisotopic (exact) mass is 254 g/mol. The molecule has 1 N–H and O–H groups in total. The third-order valence-corrected chi connectivity index (χ3v) is 3.23. The molecule has 1 rings (SSSR count). The molecule has 0 aromatic heterocycles. The molecule has 2 amide bonds. The fourth-order valence-corrected chi connectivity index (χ4v) is 2.43. The van der Waals surface area contributed by atoms with Crippen molar-refractivity contribution in [2.24, 2.45) is 5.41 Å². The van der Waals surface area contributed by atoms with Gasteiger partial charge in [0.05, 0.1) is 0 Å². The molecule has 0 bridgehead atoms. The van der Waals surface area contributed by atoms with Gasteiger partial charge in [0.2, 0.25) is 11.8 Å². The van der Waals surface area contributed by atoms with Crippen LogP contribution in [0.2, 0.25) is 0 Å². The summed E-state index contributed by atoms with van der Waals surface area (Å²) < 4.78 is 0. The topological polar surface area (TPSA) is 49.4 Å². The van der Waals surface area contributed by atoms with Crippen LogP contribution in [0.5, 0.6) is 0 Å². The Hall–Kier alpha value is -1.23.